The number of phenolic OH excluding ortho intramolecular Hbond substituents is 1. The average molecular weight is 358 g/mol. The van der Waals surface area contributed by atoms with Crippen LogP contribution in [0.5, 0.6) is 5.75 Å². The van der Waals surface area contributed by atoms with E-state index in [-0.39, 0.29) is 76.2 Å². The summed E-state index contributed by atoms with van der Waals surface area (Å²) in [6.07, 6.45) is 0. The Hall–Kier alpha value is 1.41. The van der Waals surface area contributed by atoms with Gasteiger partial charge >= 0.3 is 73.3 Å². The summed E-state index contributed by atoms with van der Waals surface area (Å²) in [5.41, 5.74) is 0. The fourth-order valence-electron chi connectivity index (χ4n) is 0.428. The van der Waals surface area contributed by atoms with Crippen molar-refractivity contribution in [2.24, 2.45) is 0 Å². The topological polar surface area (TPSA) is 20.2 Å². The van der Waals surface area contributed by atoms with E-state index < -0.39 is 0 Å². The van der Waals surface area contributed by atoms with Crippen LogP contribution in [0.15, 0.2) is 30.3 Å². The molecule has 0 aromatic heterocycles. The third-order valence-electron chi connectivity index (χ3n) is 0.756. The number of para-hydroxylation sites is 1. The van der Waals surface area contributed by atoms with Crippen LogP contribution in [0.1, 0.15) is 2.85 Å². The van der Waals surface area contributed by atoms with Crippen molar-refractivity contribution in [3.05, 3.63) is 30.3 Å². The summed E-state index contributed by atoms with van der Waals surface area (Å²) in [6.45, 7) is 0. The second-order valence-corrected chi connectivity index (χ2v) is 1.34. The van der Waals surface area contributed by atoms with Crippen LogP contribution in [-0.4, -0.2) is 78.4 Å². The van der Waals surface area contributed by atoms with Crippen molar-refractivity contribution in [1.82, 2.24) is 0 Å². The van der Waals surface area contributed by atoms with Crippen molar-refractivity contribution in [2.45, 2.75) is 0 Å². The Morgan fingerprint density at radius 3 is 1.78 bits per heavy atom. The van der Waals surface area contributed by atoms with Crippen LogP contribution in [0.4, 0.5) is 0 Å². The first-order valence-electron chi connectivity index (χ1n) is 2.13. The third-order valence-corrected chi connectivity index (χ3v) is 0.756. The van der Waals surface area contributed by atoms with Gasteiger partial charge in [0.2, 0.25) is 0 Å². The summed E-state index contributed by atoms with van der Waals surface area (Å²) in [6, 6.07) is 8.71. The van der Waals surface area contributed by atoms with Crippen molar-refractivity contribution < 1.29 is 7.96 Å². The molecule has 0 radical (unpaired) electrons. The Bertz CT molecular complexity index is 151. The molecule has 9 heavy (non-hydrogen) atoms. The molecule has 0 fully saturated rings. The van der Waals surface area contributed by atoms with E-state index in [9.17, 15) is 0 Å². The Balaban J connectivity index is -0.0000000612. The van der Waals surface area contributed by atoms with Gasteiger partial charge in [0.25, 0.3) is 0 Å². The van der Waals surface area contributed by atoms with Gasteiger partial charge in [0.1, 0.15) is 5.75 Å². The van der Waals surface area contributed by atoms with Gasteiger partial charge in [0.15, 0.2) is 0 Å². The quantitative estimate of drug-likeness (QED) is 0.650. The zero-order chi connectivity index (χ0) is 5.11. The summed E-state index contributed by atoms with van der Waals surface area (Å²) in [5, 5.41) is 8.63. The van der Waals surface area contributed by atoms with E-state index in [2.05, 4.69) is 0 Å². The van der Waals surface area contributed by atoms with Gasteiger partial charge in [-0.1, -0.05) is 18.2 Å². The second-order valence-electron chi connectivity index (χ2n) is 1.34. The first-order valence-corrected chi connectivity index (χ1v) is 2.13. The Kier molecular flexibility index (Phi) is 10.9. The van der Waals surface area contributed by atoms with Crippen LogP contribution < -0.4 is 0 Å². The average Bonchev–Trinajstić information content (AvgIpc) is 1.69. The molecule has 1 N–H and O–H groups in total. The van der Waals surface area contributed by atoms with Crippen LogP contribution in [-0.2, 0) is 0 Å². The predicted octanol–water partition coefficient (Wildman–Crippen LogP) is 0.0525. The van der Waals surface area contributed by atoms with Crippen molar-refractivity contribution in [2.75, 3.05) is 0 Å². The normalized spacial score (nSPS) is 6.67. The van der Waals surface area contributed by atoms with E-state index in [1.54, 1.807) is 24.3 Å². The molecule has 0 bridgehead atoms. The molecule has 0 unspecified atom stereocenters. The van der Waals surface area contributed by atoms with E-state index in [1.807, 2.05) is 6.07 Å². The summed E-state index contributed by atoms with van der Waals surface area (Å²) in [5.74, 6) is 0.322. The summed E-state index contributed by atoms with van der Waals surface area (Å²) >= 11 is 0. The van der Waals surface area contributed by atoms with Crippen molar-refractivity contribution >= 4 is 73.3 Å². The zero-order valence-electron chi connectivity index (χ0n) is 7.25. The number of hydrogen-bond donors (Lipinski definition) is 1. The Morgan fingerprint density at radius 1 is 1.11 bits per heavy atom. The van der Waals surface area contributed by atoms with E-state index in [4.69, 9.17) is 5.11 Å². The molecule has 0 saturated carbocycles. The van der Waals surface area contributed by atoms with E-state index in [0.29, 0.717) is 5.75 Å². The minimum atomic E-state index is 0. The molecular weight excluding hydrogens is 347 g/mol. The second kappa shape index (κ2) is 7.52. The van der Waals surface area contributed by atoms with Gasteiger partial charge < -0.3 is 7.96 Å². The molecular formula is C6H11BaOSb. The molecule has 1 nitrogen and oxygen atoms in total. The van der Waals surface area contributed by atoms with Gasteiger partial charge in [0.05, 0.1) is 0 Å². The maximum atomic E-state index is 8.63. The van der Waals surface area contributed by atoms with Gasteiger partial charge in [0, 0.05) is 0 Å². The van der Waals surface area contributed by atoms with Crippen LogP contribution >= 0.6 is 0 Å². The van der Waals surface area contributed by atoms with E-state index in [1.165, 1.54) is 0 Å². The monoisotopic (exact) mass is 358 g/mol. The molecule has 1 aromatic carbocycles. The number of phenols is 1. The minimum absolute atomic E-state index is 0. The van der Waals surface area contributed by atoms with Crippen LogP contribution in [0.3, 0.4) is 0 Å². The first-order chi connectivity index (χ1) is 3.39. The van der Waals surface area contributed by atoms with Gasteiger partial charge in [-0.3, -0.25) is 0 Å². The van der Waals surface area contributed by atoms with E-state index >= 15 is 0 Å². The van der Waals surface area contributed by atoms with Gasteiger partial charge in [-0.05, 0) is 12.1 Å². The molecule has 48 valence electrons. The Labute approximate surface area is 115 Å². The zero-order valence-corrected chi connectivity index (χ0v) is 13.7. The molecule has 0 aliphatic carbocycles. The first kappa shape index (κ1) is 13.0. The standard InChI is InChI=1S/C6H6O.Ba.Sb.5H/c7-6-4-2-1-3-5-6;;;;;;;/h1-5,7H;;;;;;;/q;+2;;;;;2*-1. The third kappa shape index (κ3) is 5.83. The molecule has 0 aliphatic heterocycles. The molecule has 1 rings (SSSR count). The molecule has 0 amide bonds. The summed E-state index contributed by atoms with van der Waals surface area (Å²) < 4.78 is 0. The van der Waals surface area contributed by atoms with Gasteiger partial charge in [-0.2, -0.15) is 0 Å². The maximum absolute atomic E-state index is 8.63. The molecule has 0 atom stereocenters. The SMILES string of the molecule is Oc1ccccc1.[Ba+2].[H-].[H-].[SbH3]. The van der Waals surface area contributed by atoms with Crippen molar-refractivity contribution in [3.63, 3.8) is 0 Å². The molecule has 3 heteroatoms. The van der Waals surface area contributed by atoms with Crippen LogP contribution in [0.25, 0.3) is 0 Å². The predicted molar refractivity (Wildman–Crippen MR) is 46.0 cm³/mol. The summed E-state index contributed by atoms with van der Waals surface area (Å²) in [7, 11) is 0. The number of rotatable bonds is 0. The van der Waals surface area contributed by atoms with Crippen molar-refractivity contribution in [1.29, 1.82) is 0 Å². The number of aromatic hydroxyl groups is 1. The van der Waals surface area contributed by atoms with Gasteiger partial charge in [-0.25, -0.2) is 0 Å². The molecule has 0 aliphatic rings. The number of hydrogen-bond acceptors (Lipinski definition) is 1. The van der Waals surface area contributed by atoms with E-state index in [0.717, 1.165) is 0 Å². The fraction of sp³-hybridized carbons (Fsp3) is 0. The molecule has 0 saturated heterocycles. The summed E-state index contributed by atoms with van der Waals surface area (Å²) in [4.78, 5) is 0. The fourth-order valence-corrected chi connectivity index (χ4v) is 0.428. The molecule has 0 heterocycles. The number of benzene rings is 1. The Morgan fingerprint density at radius 2 is 1.56 bits per heavy atom. The van der Waals surface area contributed by atoms with Crippen LogP contribution in [0.2, 0.25) is 0 Å². The van der Waals surface area contributed by atoms with Crippen molar-refractivity contribution in [3.8, 4) is 5.75 Å². The molecule has 0 spiro atoms. The van der Waals surface area contributed by atoms with Crippen LogP contribution in [0, 0.1) is 0 Å². The molecule has 1 aromatic rings. The van der Waals surface area contributed by atoms with Gasteiger partial charge in [-0.15, -0.1) is 0 Å².